The number of hydrogen-bond donors (Lipinski definition) is 1. The molecule has 1 atom stereocenters. The van der Waals surface area contributed by atoms with Crippen molar-refractivity contribution in [3.63, 3.8) is 0 Å². The standard InChI is InChI=1S/C16H20N2O/c1-4-18(3)15-11-10-14(12(2)17-15)16(19)13-8-6-5-7-9-13/h5-11,16,19H,4H2,1-3H3. The third-order valence-electron chi connectivity index (χ3n) is 3.39. The van der Waals surface area contributed by atoms with Gasteiger partial charge >= 0.3 is 0 Å². The van der Waals surface area contributed by atoms with E-state index in [4.69, 9.17) is 0 Å². The Morgan fingerprint density at radius 3 is 2.42 bits per heavy atom. The van der Waals surface area contributed by atoms with Crippen molar-refractivity contribution in [1.82, 2.24) is 4.98 Å². The molecular formula is C16H20N2O. The van der Waals surface area contributed by atoms with Gasteiger partial charge in [0.15, 0.2) is 0 Å². The lowest BCUT2D eigenvalue weighted by molar-refractivity contribution is 0.219. The van der Waals surface area contributed by atoms with Crippen LogP contribution in [0.5, 0.6) is 0 Å². The van der Waals surface area contributed by atoms with Gasteiger partial charge in [0.2, 0.25) is 0 Å². The van der Waals surface area contributed by atoms with Crippen molar-refractivity contribution in [2.24, 2.45) is 0 Å². The first-order valence-electron chi connectivity index (χ1n) is 6.55. The van der Waals surface area contributed by atoms with Crippen molar-refractivity contribution in [2.75, 3.05) is 18.5 Å². The zero-order valence-corrected chi connectivity index (χ0v) is 11.7. The number of aryl methyl sites for hydroxylation is 1. The molecule has 1 unspecified atom stereocenters. The topological polar surface area (TPSA) is 36.4 Å². The van der Waals surface area contributed by atoms with Crippen LogP contribution >= 0.6 is 0 Å². The molecule has 0 radical (unpaired) electrons. The lowest BCUT2D eigenvalue weighted by atomic mass is 10.0. The Morgan fingerprint density at radius 2 is 1.84 bits per heavy atom. The van der Waals surface area contributed by atoms with E-state index in [1.54, 1.807) is 0 Å². The molecule has 0 bridgehead atoms. The number of aromatic nitrogens is 1. The molecule has 100 valence electrons. The van der Waals surface area contributed by atoms with E-state index in [9.17, 15) is 5.11 Å². The fourth-order valence-electron chi connectivity index (χ4n) is 2.04. The van der Waals surface area contributed by atoms with Gasteiger partial charge in [-0.15, -0.1) is 0 Å². The molecule has 0 amide bonds. The highest BCUT2D eigenvalue weighted by Crippen LogP contribution is 2.25. The highest BCUT2D eigenvalue weighted by atomic mass is 16.3. The van der Waals surface area contributed by atoms with Crippen LogP contribution in [-0.2, 0) is 0 Å². The van der Waals surface area contributed by atoms with Crippen molar-refractivity contribution >= 4 is 5.82 Å². The number of rotatable bonds is 4. The molecule has 2 aromatic rings. The summed E-state index contributed by atoms with van der Waals surface area (Å²) in [5.74, 6) is 0.934. The van der Waals surface area contributed by atoms with Gasteiger partial charge in [-0.2, -0.15) is 0 Å². The molecule has 0 aliphatic rings. The predicted octanol–water partition coefficient (Wildman–Crippen LogP) is 2.93. The molecule has 0 aliphatic heterocycles. The minimum atomic E-state index is -0.616. The summed E-state index contributed by atoms with van der Waals surface area (Å²) in [6, 6.07) is 13.6. The van der Waals surface area contributed by atoms with Crippen molar-refractivity contribution in [3.8, 4) is 0 Å². The fraction of sp³-hybridized carbons (Fsp3) is 0.312. The van der Waals surface area contributed by atoms with Gasteiger partial charge in [-0.3, -0.25) is 0 Å². The third-order valence-corrected chi connectivity index (χ3v) is 3.39. The Morgan fingerprint density at radius 1 is 1.16 bits per heavy atom. The van der Waals surface area contributed by atoms with Crippen LogP contribution in [0.25, 0.3) is 0 Å². The van der Waals surface area contributed by atoms with Crippen LogP contribution < -0.4 is 4.90 Å². The molecule has 3 heteroatoms. The second-order valence-electron chi connectivity index (χ2n) is 4.67. The average Bonchev–Trinajstić information content (AvgIpc) is 2.46. The summed E-state index contributed by atoms with van der Waals surface area (Å²) in [4.78, 5) is 6.63. The highest BCUT2D eigenvalue weighted by molar-refractivity contribution is 5.43. The minimum absolute atomic E-state index is 0.616. The fourth-order valence-corrected chi connectivity index (χ4v) is 2.04. The number of aliphatic hydroxyl groups is 1. The van der Waals surface area contributed by atoms with E-state index in [-0.39, 0.29) is 0 Å². The Labute approximate surface area is 114 Å². The van der Waals surface area contributed by atoms with Gasteiger partial charge in [-0.25, -0.2) is 4.98 Å². The van der Waals surface area contributed by atoms with Gasteiger partial charge in [0.1, 0.15) is 11.9 Å². The summed E-state index contributed by atoms with van der Waals surface area (Å²) in [6.07, 6.45) is -0.616. The van der Waals surface area contributed by atoms with E-state index < -0.39 is 6.10 Å². The van der Waals surface area contributed by atoms with E-state index in [1.165, 1.54) is 0 Å². The maximum absolute atomic E-state index is 10.4. The molecule has 1 N–H and O–H groups in total. The molecule has 0 aliphatic carbocycles. The molecule has 1 aromatic heterocycles. The number of hydrogen-bond acceptors (Lipinski definition) is 3. The smallest absolute Gasteiger partial charge is 0.128 e. The predicted molar refractivity (Wildman–Crippen MR) is 78.4 cm³/mol. The number of benzene rings is 1. The highest BCUT2D eigenvalue weighted by Gasteiger charge is 2.14. The molecule has 2 rings (SSSR count). The monoisotopic (exact) mass is 256 g/mol. The number of anilines is 1. The molecule has 1 aromatic carbocycles. The van der Waals surface area contributed by atoms with Gasteiger partial charge in [-0.1, -0.05) is 36.4 Å². The Kier molecular flexibility index (Phi) is 4.17. The minimum Gasteiger partial charge on any atom is -0.384 e. The van der Waals surface area contributed by atoms with E-state index in [0.29, 0.717) is 0 Å². The van der Waals surface area contributed by atoms with Gasteiger partial charge < -0.3 is 10.0 Å². The van der Waals surface area contributed by atoms with Crippen LogP contribution in [0.4, 0.5) is 5.82 Å². The summed E-state index contributed by atoms with van der Waals surface area (Å²) >= 11 is 0. The van der Waals surface area contributed by atoms with Gasteiger partial charge in [0.05, 0.1) is 0 Å². The van der Waals surface area contributed by atoms with Gasteiger partial charge in [0.25, 0.3) is 0 Å². The summed E-state index contributed by atoms with van der Waals surface area (Å²) in [5, 5.41) is 10.4. The van der Waals surface area contributed by atoms with E-state index >= 15 is 0 Å². The first-order chi connectivity index (χ1) is 9.13. The quantitative estimate of drug-likeness (QED) is 0.913. The Hall–Kier alpha value is -1.87. The molecule has 0 saturated carbocycles. The van der Waals surface area contributed by atoms with Crippen LogP contribution in [-0.4, -0.2) is 23.7 Å². The van der Waals surface area contributed by atoms with Crippen molar-refractivity contribution in [2.45, 2.75) is 20.0 Å². The second kappa shape index (κ2) is 5.85. The second-order valence-corrected chi connectivity index (χ2v) is 4.67. The van der Waals surface area contributed by atoms with Crippen molar-refractivity contribution < 1.29 is 5.11 Å². The van der Waals surface area contributed by atoms with Gasteiger partial charge in [0, 0.05) is 24.8 Å². The number of nitrogens with zero attached hydrogens (tertiary/aromatic N) is 2. The largest absolute Gasteiger partial charge is 0.384 e. The maximum Gasteiger partial charge on any atom is 0.128 e. The molecule has 0 saturated heterocycles. The first-order valence-corrected chi connectivity index (χ1v) is 6.55. The van der Waals surface area contributed by atoms with Crippen LogP contribution in [0.15, 0.2) is 42.5 Å². The summed E-state index contributed by atoms with van der Waals surface area (Å²) in [7, 11) is 2.01. The van der Waals surface area contributed by atoms with Crippen LogP contribution in [0.2, 0.25) is 0 Å². The summed E-state index contributed by atoms with van der Waals surface area (Å²) in [5.41, 5.74) is 2.62. The average molecular weight is 256 g/mol. The molecule has 3 nitrogen and oxygen atoms in total. The Bertz CT molecular complexity index is 540. The van der Waals surface area contributed by atoms with Crippen LogP contribution in [0.1, 0.15) is 29.8 Å². The lowest BCUT2D eigenvalue weighted by Crippen LogP contribution is -2.18. The normalized spacial score (nSPS) is 12.2. The Balaban J connectivity index is 2.31. The van der Waals surface area contributed by atoms with E-state index in [1.807, 2.05) is 56.4 Å². The van der Waals surface area contributed by atoms with Crippen LogP contribution in [0.3, 0.4) is 0 Å². The van der Waals surface area contributed by atoms with Crippen molar-refractivity contribution in [1.29, 1.82) is 0 Å². The molecule has 19 heavy (non-hydrogen) atoms. The zero-order valence-electron chi connectivity index (χ0n) is 11.7. The lowest BCUT2D eigenvalue weighted by Gasteiger charge is -2.19. The number of pyridine rings is 1. The zero-order chi connectivity index (χ0) is 13.8. The summed E-state index contributed by atoms with van der Waals surface area (Å²) in [6.45, 7) is 4.94. The molecule has 0 fully saturated rings. The first kappa shape index (κ1) is 13.6. The number of aliphatic hydroxyl groups excluding tert-OH is 1. The SMILES string of the molecule is CCN(C)c1ccc(C(O)c2ccccc2)c(C)n1. The molecule has 1 heterocycles. The van der Waals surface area contributed by atoms with Crippen molar-refractivity contribution in [3.05, 3.63) is 59.3 Å². The maximum atomic E-state index is 10.4. The molecule has 0 spiro atoms. The summed E-state index contributed by atoms with van der Waals surface area (Å²) < 4.78 is 0. The van der Waals surface area contributed by atoms with Gasteiger partial charge in [-0.05, 0) is 25.5 Å². The van der Waals surface area contributed by atoms with Crippen LogP contribution in [0, 0.1) is 6.92 Å². The van der Waals surface area contributed by atoms with E-state index in [0.717, 1.165) is 29.2 Å². The van der Waals surface area contributed by atoms with E-state index in [2.05, 4.69) is 16.8 Å². The molecular weight excluding hydrogens is 236 g/mol. The third kappa shape index (κ3) is 2.93.